The van der Waals surface area contributed by atoms with Crippen molar-refractivity contribution in [2.24, 2.45) is 5.41 Å². The molecule has 0 bridgehead atoms. The van der Waals surface area contributed by atoms with Gasteiger partial charge in [-0.2, -0.15) is 0 Å². The van der Waals surface area contributed by atoms with E-state index in [-0.39, 0.29) is 12.0 Å². The van der Waals surface area contributed by atoms with Gasteiger partial charge in [0.15, 0.2) is 0 Å². The largest absolute Gasteiger partial charge is 0.396 e. The summed E-state index contributed by atoms with van der Waals surface area (Å²) in [7, 11) is 0. The van der Waals surface area contributed by atoms with E-state index in [2.05, 4.69) is 31.3 Å². The summed E-state index contributed by atoms with van der Waals surface area (Å²) >= 11 is 6.01. The Morgan fingerprint density at radius 2 is 2.22 bits per heavy atom. The molecule has 1 atom stereocenters. The van der Waals surface area contributed by atoms with Gasteiger partial charge < -0.3 is 10.4 Å². The highest BCUT2D eigenvalue weighted by Crippen LogP contribution is 2.33. The molecule has 1 aromatic carbocycles. The highest BCUT2D eigenvalue weighted by atomic mass is 35.5. The van der Waals surface area contributed by atoms with Crippen LogP contribution in [-0.2, 0) is 6.42 Å². The quantitative estimate of drug-likeness (QED) is 0.858. The first-order valence-corrected chi connectivity index (χ1v) is 7.02. The van der Waals surface area contributed by atoms with E-state index in [0.29, 0.717) is 6.04 Å². The van der Waals surface area contributed by atoms with Crippen molar-refractivity contribution in [1.29, 1.82) is 0 Å². The minimum atomic E-state index is 0.143. The molecule has 1 unspecified atom stereocenters. The average molecular weight is 268 g/mol. The molecule has 0 amide bonds. The van der Waals surface area contributed by atoms with Crippen LogP contribution in [0.5, 0.6) is 0 Å². The second-order valence-corrected chi connectivity index (χ2v) is 6.39. The Balaban J connectivity index is 1.98. The maximum Gasteiger partial charge on any atom is 0.0436 e. The average Bonchev–Trinajstić information content (AvgIpc) is 2.68. The van der Waals surface area contributed by atoms with Crippen LogP contribution in [-0.4, -0.2) is 18.3 Å². The van der Waals surface area contributed by atoms with Gasteiger partial charge >= 0.3 is 0 Å². The number of aliphatic hydroxyl groups is 1. The van der Waals surface area contributed by atoms with Crippen LogP contribution in [0.2, 0.25) is 5.02 Å². The van der Waals surface area contributed by atoms with Gasteiger partial charge in [-0.05, 0) is 47.9 Å². The highest BCUT2D eigenvalue weighted by Gasteiger charge is 2.25. The van der Waals surface area contributed by atoms with Crippen LogP contribution in [0.4, 0.5) is 0 Å². The van der Waals surface area contributed by atoms with Gasteiger partial charge in [0.2, 0.25) is 0 Å². The summed E-state index contributed by atoms with van der Waals surface area (Å²) in [5.74, 6) is 0. The van der Waals surface area contributed by atoms with Crippen molar-refractivity contribution in [2.75, 3.05) is 13.2 Å². The lowest BCUT2D eigenvalue weighted by molar-refractivity contribution is 0.202. The number of benzene rings is 1. The summed E-state index contributed by atoms with van der Waals surface area (Å²) in [6.45, 7) is 5.56. The fourth-order valence-electron chi connectivity index (χ4n) is 2.59. The Labute approximate surface area is 114 Å². The zero-order valence-electron chi connectivity index (χ0n) is 11.2. The molecule has 2 N–H and O–H groups in total. The smallest absolute Gasteiger partial charge is 0.0436 e. The van der Waals surface area contributed by atoms with Crippen molar-refractivity contribution in [3.63, 3.8) is 0 Å². The third-order valence-corrected chi connectivity index (χ3v) is 4.03. The van der Waals surface area contributed by atoms with Crippen molar-refractivity contribution in [2.45, 2.75) is 39.2 Å². The fraction of sp³-hybridized carbons (Fsp3) is 0.600. The SMILES string of the molecule is CC(C)(CCO)CNC1CCc2cc(Cl)ccc21. The molecular weight excluding hydrogens is 246 g/mol. The molecule has 2 rings (SSSR count). The molecular formula is C15H22ClNO. The van der Waals surface area contributed by atoms with Gasteiger partial charge in [0.25, 0.3) is 0 Å². The van der Waals surface area contributed by atoms with Gasteiger partial charge in [0.05, 0.1) is 0 Å². The maximum atomic E-state index is 9.04. The predicted octanol–water partition coefficient (Wildman–Crippen LogP) is 3.33. The van der Waals surface area contributed by atoms with E-state index in [4.69, 9.17) is 16.7 Å². The van der Waals surface area contributed by atoms with E-state index in [0.717, 1.165) is 30.8 Å². The number of rotatable bonds is 5. The molecule has 18 heavy (non-hydrogen) atoms. The van der Waals surface area contributed by atoms with Gasteiger partial charge in [-0.25, -0.2) is 0 Å². The number of halogens is 1. The zero-order chi connectivity index (χ0) is 13.2. The second-order valence-electron chi connectivity index (χ2n) is 5.95. The first-order chi connectivity index (χ1) is 8.52. The first kappa shape index (κ1) is 13.9. The Bertz CT molecular complexity index is 417. The number of hydrogen-bond acceptors (Lipinski definition) is 2. The Morgan fingerprint density at radius 1 is 1.44 bits per heavy atom. The topological polar surface area (TPSA) is 32.3 Å². The molecule has 0 fully saturated rings. The summed E-state index contributed by atoms with van der Waals surface area (Å²) < 4.78 is 0. The molecule has 3 heteroatoms. The molecule has 0 radical (unpaired) electrons. The van der Waals surface area contributed by atoms with E-state index >= 15 is 0 Å². The third kappa shape index (κ3) is 3.25. The van der Waals surface area contributed by atoms with Crippen LogP contribution < -0.4 is 5.32 Å². The molecule has 0 spiro atoms. The summed E-state index contributed by atoms with van der Waals surface area (Å²) in [4.78, 5) is 0. The second kappa shape index (κ2) is 5.60. The van der Waals surface area contributed by atoms with Crippen LogP contribution in [0.3, 0.4) is 0 Å². The van der Waals surface area contributed by atoms with Crippen LogP contribution in [0.1, 0.15) is 43.9 Å². The number of aliphatic hydroxyl groups excluding tert-OH is 1. The number of aryl methyl sites for hydroxylation is 1. The van der Waals surface area contributed by atoms with Gasteiger partial charge in [-0.1, -0.05) is 31.5 Å². The van der Waals surface area contributed by atoms with Crippen LogP contribution in [0.15, 0.2) is 18.2 Å². The van der Waals surface area contributed by atoms with E-state index in [9.17, 15) is 0 Å². The molecule has 0 saturated heterocycles. The lowest BCUT2D eigenvalue weighted by Crippen LogP contribution is -2.32. The van der Waals surface area contributed by atoms with E-state index < -0.39 is 0 Å². The lowest BCUT2D eigenvalue weighted by Gasteiger charge is -2.26. The Kier molecular flexibility index (Phi) is 4.31. The molecule has 2 nitrogen and oxygen atoms in total. The molecule has 0 heterocycles. The number of hydrogen-bond donors (Lipinski definition) is 2. The molecule has 1 aliphatic rings. The normalized spacial score (nSPS) is 19.0. The zero-order valence-corrected chi connectivity index (χ0v) is 11.9. The lowest BCUT2D eigenvalue weighted by atomic mass is 9.89. The Morgan fingerprint density at radius 3 is 2.94 bits per heavy atom. The molecule has 0 aromatic heterocycles. The minimum Gasteiger partial charge on any atom is -0.396 e. The summed E-state index contributed by atoms with van der Waals surface area (Å²) in [5, 5.41) is 13.5. The summed E-state index contributed by atoms with van der Waals surface area (Å²) in [6.07, 6.45) is 3.08. The van der Waals surface area contributed by atoms with Crippen LogP contribution in [0.25, 0.3) is 0 Å². The van der Waals surface area contributed by atoms with Gasteiger partial charge in [-0.15, -0.1) is 0 Å². The number of fused-ring (bicyclic) bond motifs is 1. The van der Waals surface area contributed by atoms with Crippen molar-refractivity contribution in [3.8, 4) is 0 Å². The molecule has 1 aliphatic carbocycles. The van der Waals surface area contributed by atoms with Gasteiger partial charge in [0.1, 0.15) is 0 Å². The van der Waals surface area contributed by atoms with Gasteiger partial charge in [0, 0.05) is 24.2 Å². The molecule has 100 valence electrons. The maximum absolute atomic E-state index is 9.04. The van der Waals surface area contributed by atoms with Crippen molar-refractivity contribution >= 4 is 11.6 Å². The van der Waals surface area contributed by atoms with E-state index in [1.54, 1.807) is 0 Å². The highest BCUT2D eigenvalue weighted by molar-refractivity contribution is 6.30. The van der Waals surface area contributed by atoms with Gasteiger partial charge in [-0.3, -0.25) is 0 Å². The first-order valence-electron chi connectivity index (χ1n) is 6.64. The molecule has 0 saturated carbocycles. The summed E-state index contributed by atoms with van der Waals surface area (Å²) in [5.41, 5.74) is 2.91. The van der Waals surface area contributed by atoms with Crippen LogP contribution >= 0.6 is 11.6 Å². The van der Waals surface area contributed by atoms with Crippen LogP contribution in [0, 0.1) is 5.41 Å². The standard InChI is InChI=1S/C15H22ClNO/c1-15(2,7-8-18)10-17-14-6-3-11-9-12(16)4-5-13(11)14/h4-5,9,14,17-18H,3,6-8,10H2,1-2H3. The molecule has 0 aliphatic heterocycles. The van der Waals surface area contributed by atoms with Crippen molar-refractivity contribution in [3.05, 3.63) is 34.3 Å². The number of nitrogens with one attached hydrogen (secondary N) is 1. The Hall–Kier alpha value is -0.570. The minimum absolute atomic E-state index is 0.143. The fourth-order valence-corrected chi connectivity index (χ4v) is 2.78. The van der Waals surface area contributed by atoms with E-state index in [1.165, 1.54) is 11.1 Å². The monoisotopic (exact) mass is 267 g/mol. The van der Waals surface area contributed by atoms with E-state index in [1.807, 2.05) is 6.07 Å². The van der Waals surface area contributed by atoms with Crippen molar-refractivity contribution < 1.29 is 5.11 Å². The summed E-state index contributed by atoms with van der Waals surface area (Å²) in [6, 6.07) is 6.63. The third-order valence-electron chi connectivity index (χ3n) is 3.80. The molecule has 1 aromatic rings. The van der Waals surface area contributed by atoms with Crippen molar-refractivity contribution in [1.82, 2.24) is 5.32 Å². The predicted molar refractivity (Wildman–Crippen MR) is 76.0 cm³/mol.